The molecule has 3 amide bonds. The van der Waals surface area contributed by atoms with Gasteiger partial charge in [0.25, 0.3) is 5.91 Å². The van der Waals surface area contributed by atoms with Crippen LogP contribution in [0.2, 0.25) is 0 Å². The molecule has 0 aliphatic carbocycles. The van der Waals surface area contributed by atoms with E-state index in [0.717, 1.165) is 17.7 Å². The van der Waals surface area contributed by atoms with Gasteiger partial charge in [0.1, 0.15) is 5.75 Å². The number of likely N-dealkylation sites (N-methyl/N-ethyl adjacent to an activating group) is 1. The Morgan fingerprint density at radius 2 is 1.76 bits per heavy atom. The zero-order valence-electron chi connectivity index (χ0n) is 16.8. The molecule has 3 rings (SSSR count). The fraction of sp³-hybridized carbons (Fsp3) is 0.318. The van der Waals surface area contributed by atoms with Gasteiger partial charge in [-0.3, -0.25) is 14.4 Å². The number of hydrogen-bond donors (Lipinski definition) is 2. The van der Waals surface area contributed by atoms with Crippen molar-refractivity contribution in [3.05, 3.63) is 48.0 Å². The first kappa shape index (κ1) is 20.4. The summed E-state index contributed by atoms with van der Waals surface area (Å²) in [5.41, 5.74) is 2.97. The second kappa shape index (κ2) is 8.77. The van der Waals surface area contributed by atoms with Crippen LogP contribution in [0, 0.1) is 0 Å². The monoisotopic (exact) mass is 395 g/mol. The molecule has 0 saturated carbocycles. The number of amides is 3. The van der Waals surface area contributed by atoms with E-state index in [9.17, 15) is 14.4 Å². The highest BCUT2D eigenvalue weighted by atomic mass is 16.5. The second-order valence-electron chi connectivity index (χ2n) is 6.95. The molecule has 29 heavy (non-hydrogen) atoms. The number of carbonyl (C=O) groups is 3. The number of benzene rings is 2. The van der Waals surface area contributed by atoms with Crippen LogP contribution in [-0.2, 0) is 20.8 Å². The lowest BCUT2D eigenvalue weighted by Gasteiger charge is -2.30. The molecule has 7 nitrogen and oxygen atoms in total. The SMILES string of the molecule is CCc1ccccc1NC(=O)CCC(=O)Nc1ccc2c(c1)N(C)C(=O)C(C)O2. The normalized spacial score (nSPS) is 15.3. The van der Waals surface area contributed by atoms with E-state index in [1.807, 2.05) is 31.2 Å². The van der Waals surface area contributed by atoms with Gasteiger partial charge in [-0.1, -0.05) is 25.1 Å². The molecule has 0 fully saturated rings. The predicted octanol–water partition coefficient (Wildman–Crippen LogP) is 3.35. The maximum absolute atomic E-state index is 12.3. The first-order valence-corrected chi connectivity index (χ1v) is 9.65. The lowest BCUT2D eigenvalue weighted by atomic mass is 10.1. The molecule has 1 unspecified atom stereocenters. The summed E-state index contributed by atoms with van der Waals surface area (Å²) >= 11 is 0. The smallest absolute Gasteiger partial charge is 0.267 e. The van der Waals surface area contributed by atoms with Gasteiger partial charge in [0.15, 0.2) is 6.10 Å². The highest BCUT2D eigenvalue weighted by Crippen LogP contribution is 2.35. The van der Waals surface area contributed by atoms with Crippen molar-refractivity contribution < 1.29 is 19.1 Å². The topological polar surface area (TPSA) is 87.7 Å². The van der Waals surface area contributed by atoms with Crippen molar-refractivity contribution in [1.29, 1.82) is 0 Å². The van der Waals surface area contributed by atoms with E-state index in [0.29, 0.717) is 17.1 Å². The quantitative estimate of drug-likeness (QED) is 0.785. The average molecular weight is 395 g/mol. The van der Waals surface area contributed by atoms with Crippen LogP contribution < -0.4 is 20.3 Å². The number of rotatable bonds is 6. The minimum absolute atomic E-state index is 0.0551. The lowest BCUT2D eigenvalue weighted by Crippen LogP contribution is -2.41. The molecule has 0 spiro atoms. The van der Waals surface area contributed by atoms with Gasteiger partial charge in [-0.05, 0) is 43.2 Å². The van der Waals surface area contributed by atoms with Gasteiger partial charge < -0.3 is 20.3 Å². The Labute approximate surface area is 170 Å². The Kier molecular flexibility index (Phi) is 6.16. The van der Waals surface area contributed by atoms with Crippen molar-refractivity contribution in [3.63, 3.8) is 0 Å². The molecule has 7 heteroatoms. The number of ether oxygens (including phenoxy) is 1. The third kappa shape index (κ3) is 4.74. The molecule has 152 valence electrons. The van der Waals surface area contributed by atoms with Crippen LogP contribution in [-0.4, -0.2) is 30.9 Å². The summed E-state index contributed by atoms with van der Waals surface area (Å²) < 4.78 is 5.57. The summed E-state index contributed by atoms with van der Waals surface area (Å²) in [6, 6.07) is 12.7. The summed E-state index contributed by atoms with van der Waals surface area (Å²) in [7, 11) is 1.67. The standard InChI is InChI=1S/C22H25N3O4/c1-4-15-7-5-6-8-17(15)24-21(27)12-11-20(26)23-16-9-10-19-18(13-16)25(3)22(28)14(2)29-19/h5-10,13-14H,4,11-12H2,1-3H3,(H,23,26)(H,24,27). The highest BCUT2D eigenvalue weighted by Gasteiger charge is 2.29. The molecule has 0 radical (unpaired) electrons. The summed E-state index contributed by atoms with van der Waals surface area (Å²) in [6.45, 7) is 3.72. The predicted molar refractivity (Wildman–Crippen MR) is 112 cm³/mol. The van der Waals surface area contributed by atoms with Gasteiger partial charge >= 0.3 is 0 Å². The number of aryl methyl sites for hydroxylation is 1. The largest absolute Gasteiger partial charge is 0.479 e. The van der Waals surface area contributed by atoms with Crippen molar-refractivity contribution in [2.45, 2.75) is 39.2 Å². The molecule has 0 aromatic heterocycles. The Bertz CT molecular complexity index is 941. The van der Waals surface area contributed by atoms with Crippen LogP contribution in [0.15, 0.2) is 42.5 Å². The molecule has 1 aliphatic rings. The number of para-hydroxylation sites is 1. The van der Waals surface area contributed by atoms with Gasteiger partial charge in [-0.15, -0.1) is 0 Å². The molecule has 1 aliphatic heterocycles. The Morgan fingerprint density at radius 1 is 1.07 bits per heavy atom. The second-order valence-corrected chi connectivity index (χ2v) is 6.95. The fourth-order valence-corrected chi connectivity index (χ4v) is 3.20. The zero-order chi connectivity index (χ0) is 21.0. The first-order chi connectivity index (χ1) is 13.9. The Morgan fingerprint density at radius 3 is 2.48 bits per heavy atom. The minimum Gasteiger partial charge on any atom is -0.479 e. The van der Waals surface area contributed by atoms with E-state index in [4.69, 9.17) is 4.74 Å². The first-order valence-electron chi connectivity index (χ1n) is 9.65. The number of carbonyl (C=O) groups excluding carboxylic acids is 3. The molecule has 2 aromatic rings. The Balaban J connectivity index is 1.56. The maximum Gasteiger partial charge on any atom is 0.267 e. The zero-order valence-corrected chi connectivity index (χ0v) is 16.8. The minimum atomic E-state index is -0.538. The lowest BCUT2D eigenvalue weighted by molar-refractivity contribution is -0.125. The van der Waals surface area contributed by atoms with Gasteiger partial charge in [-0.2, -0.15) is 0 Å². The maximum atomic E-state index is 12.3. The van der Waals surface area contributed by atoms with E-state index in [1.54, 1.807) is 32.2 Å². The van der Waals surface area contributed by atoms with Gasteiger partial charge in [0.05, 0.1) is 5.69 Å². The van der Waals surface area contributed by atoms with Crippen LogP contribution in [0.5, 0.6) is 5.75 Å². The van der Waals surface area contributed by atoms with E-state index < -0.39 is 6.10 Å². The van der Waals surface area contributed by atoms with Crippen LogP contribution in [0.4, 0.5) is 17.1 Å². The summed E-state index contributed by atoms with van der Waals surface area (Å²) in [6.07, 6.45) is 0.409. The van der Waals surface area contributed by atoms with E-state index in [2.05, 4.69) is 10.6 Å². The van der Waals surface area contributed by atoms with Gasteiger partial charge in [-0.25, -0.2) is 0 Å². The molecule has 0 bridgehead atoms. The molecule has 1 heterocycles. The van der Waals surface area contributed by atoms with Gasteiger partial charge in [0, 0.05) is 31.3 Å². The molecular weight excluding hydrogens is 370 g/mol. The van der Waals surface area contributed by atoms with Crippen molar-refractivity contribution in [1.82, 2.24) is 0 Å². The fourth-order valence-electron chi connectivity index (χ4n) is 3.20. The third-order valence-electron chi connectivity index (χ3n) is 4.84. The summed E-state index contributed by atoms with van der Waals surface area (Å²) in [5, 5.41) is 5.62. The number of fused-ring (bicyclic) bond motifs is 1. The molecule has 2 N–H and O–H groups in total. The van der Waals surface area contributed by atoms with E-state index in [1.165, 1.54) is 4.90 Å². The molecular formula is C22H25N3O4. The highest BCUT2D eigenvalue weighted by molar-refractivity contribution is 6.01. The number of anilines is 3. The Hall–Kier alpha value is -3.35. The van der Waals surface area contributed by atoms with Crippen molar-refractivity contribution in [2.75, 3.05) is 22.6 Å². The number of hydrogen-bond acceptors (Lipinski definition) is 4. The van der Waals surface area contributed by atoms with Crippen molar-refractivity contribution >= 4 is 34.8 Å². The number of nitrogens with zero attached hydrogens (tertiary/aromatic N) is 1. The third-order valence-corrected chi connectivity index (χ3v) is 4.84. The van der Waals surface area contributed by atoms with E-state index in [-0.39, 0.29) is 30.6 Å². The summed E-state index contributed by atoms with van der Waals surface area (Å²) in [5.74, 6) is -0.0428. The van der Waals surface area contributed by atoms with Crippen LogP contribution in [0.1, 0.15) is 32.3 Å². The molecule has 2 aromatic carbocycles. The van der Waals surface area contributed by atoms with Crippen LogP contribution in [0.25, 0.3) is 0 Å². The molecule has 0 saturated heterocycles. The van der Waals surface area contributed by atoms with Gasteiger partial charge in [0.2, 0.25) is 11.8 Å². The number of nitrogens with one attached hydrogen (secondary N) is 2. The van der Waals surface area contributed by atoms with E-state index >= 15 is 0 Å². The van der Waals surface area contributed by atoms with Crippen molar-refractivity contribution in [2.24, 2.45) is 0 Å². The average Bonchev–Trinajstić information content (AvgIpc) is 2.71. The van der Waals surface area contributed by atoms with Crippen LogP contribution in [0.3, 0.4) is 0 Å². The molecule has 1 atom stereocenters. The van der Waals surface area contributed by atoms with Crippen molar-refractivity contribution in [3.8, 4) is 5.75 Å². The van der Waals surface area contributed by atoms with Crippen LogP contribution >= 0.6 is 0 Å². The summed E-state index contributed by atoms with van der Waals surface area (Å²) in [4.78, 5) is 38.0.